The van der Waals surface area contributed by atoms with Crippen LogP contribution in [-0.2, 0) is 6.54 Å². The molecule has 4 aromatic heterocycles. The van der Waals surface area contributed by atoms with Crippen LogP contribution in [0.5, 0.6) is 0 Å². The Morgan fingerprint density at radius 1 is 1.22 bits per heavy atom. The highest BCUT2D eigenvalue weighted by Crippen LogP contribution is 2.33. The first-order valence-electron chi connectivity index (χ1n) is 9.59. The lowest BCUT2D eigenvalue weighted by Gasteiger charge is -2.12. The van der Waals surface area contributed by atoms with Crippen molar-refractivity contribution in [2.24, 2.45) is 5.92 Å². The van der Waals surface area contributed by atoms with Crippen LogP contribution in [0.15, 0.2) is 30.6 Å². The second-order valence-electron chi connectivity index (χ2n) is 7.35. The van der Waals surface area contributed by atoms with E-state index >= 15 is 0 Å². The van der Waals surface area contributed by atoms with E-state index in [1.807, 2.05) is 42.0 Å². The van der Waals surface area contributed by atoms with Gasteiger partial charge in [0.25, 0.3) is 0 Å². The molecule has 27 heavy (non-hydrogen) atoms. The number of rotatable bonds is 5. The van der Waals surface area contributed by atoms with Crippen LogP contribution < -0.4 is 5.32 Å². The third-order valence-corrected chi connectivity index (χ3v) is 5.48. The molecule has 1 atom stereocenters. The molecule has 0 radical (unpaired) electrons. The van der Waals surface area contributed by atoms with Crippen molar-refractivity contribution in [3.63, 3.8) is 0 Å². The number of aryl methyl sites for hydroxylation is 2. The molecule has 4 aromatic rings. The highest BCUT2D eigenvalue weighted by molar-refractivity contribution is 5.82. The Balaban J connectivity index is 1.53. The standard InChI is InChI=1S/C20H23N7/c1-4-26-13(3)23-17-8-7-16(24-19(17)26)15-9-10-27-18(15)11-21-20(25-27)22-12(2)14-5-6-14/h7-12,14H,4-6H2,1-3H3,(H,22,25). The van der Waals surface area contributed by atoms with Crippen molar-refractivity contribution < 1.29 is 0 Å². The van der Waals surface area contributed by atoms with E-state index in [2.05, 4.69) is 38.8 Å². The molecule has 7 heteroatoms. The van der Waals surface area contributed by atoms with Gasteiger partial charge in [-0.2, -0.15) is 0 Å². The minimum Gasteiger partial charge on any atom is -0.350 e. The summed E-state index contributed by atoms with van der Waals surface area (Å²) in [6, 6.07) is 6.52. The zero-order chi connectivity index (χ0) is 18.5. The Labute approximate surface area is 157 Å². The van der Waals surface area contributed by atoms with Crippen molar-refractivity contribution in [2.45, 2.75) is 46.2 Å². The molecule has 5 rings (SSSR count). The molecule has 1 saturated carbocycles. The number of hydrogen-bond donors (Lipinski definition) is 1. The molecule has 1 aliphatic carbocycles. The monoisotopic (exact) mass is 361 g/mol. The molecule has 1 N–H and O–H groups in total. The molecular weight excluding hydrogens is 338 g/mol. The predicted molar refractivity (Wildman–Crippen MR) is 106 cm³/mol. The minimum atomic E-state index is 0.416. The molecule has 1 fully saturated rings. The highest BCUT2D eigenvalue weighted by Gasteiger charge is 2.28. The predicted octanol–water partition coefficient (Wildman–Crippen LogP) is 3.68. The van der Waals surface area contributed by atoms with E-state index in [1.54, 1.807) is 0 Å². The summed E-state index contributed by atoms with van der Waals surface area (Å²) in [7, 11) is 0. The second kappa shape index (κ2) is 6.04. The summed E-state index contributed by atoms with van der Waals surface area (Å²) < 4.78 is 4.01. The number of imidazole rings is 1. The molecule has 7 nitrogen and oxygen atoms in total. The van der Waals surface area contributed by atoms with Crippen molar-refractivity contribution >= 4 is 22.6 Å². The number of anilines is 1. The van der Waals surface area contributed by atoms with Gasteiger partial charge in [0.15, 0.2) is 5.65 Å². The lowest BCUT2D eigenvalue weighted by atomic mass is 10.2. The molecule has 0 bridgehead atoms. The maximum Gasteiger partial charge on any atom is 0.241 e. The zero-order valence-electron chi connectivity index (χ0n) is 15.8. The summed E-state index contributed by atoms with van der Waals surface area (Å²) in [5.74, 6) is 2.42. The summed E-state index contributed by atoms with van der Waals surface area (Å²) in [5.41, 5.74) is 4.74. The third kappa shape index (κ3) is 2.74. The minimum absolute atomic E-state index is 0.416. The smallest absolute Gasteiger partial charge is 0.241 e. The molecule has 1 unspecified atom stereocenters. The maximum absolute atomic E-state index is 4.88. The number of fused-ring (bicyclic) bond motifs is 2. The van der Waals surface area contributed by atoms with E-state index in [4.69, 9.17) is 4.98 Å². The second-order valence-corrected chi connectivity index (χ2v) is 7.35. The van der Waals surface area contributed by atoms with Gasteiger partial charge >= 0.3 is 0 Å². The quantitative estimate of drug-likeness (QED) is 0.587. The highest BCUT2D eigenvalue weighted by atomic mass is 15.3. The number of nitrogens with one attached hydrogen (secondary N) is 1. The average Bonchev–Trinajstić information content (AvgIpc) is 3.36. The van der Waals surface area contributed by atoms with Gasteiger partial charge in [-0.1, -0.05) is 0 Å². The molecule has 138 valence electrons. The Bertz CT molecular complexity index is 1140. The number of hydrogen-bond acceptors (Lipinski definition) is 5. The van der Waals surface area contributed by atoms with Crippen LogP contribution in [0.1, 0.15) is 32.5 Å². The molecule has 0 aliphatic heterocycles. The average molecular weight is 361 g/mol. The fourth-order valence-electron chi connectivity index (χ4n) is 3.74. The normalized spacial score (nSPS) is 15.5. The topological polar surface area (TPSA) is 72.9 Å². The van der Waals surface area contributed by atoms with Gasteiger partial charge in [-0.3, -0.25) is 0 Å². The van der Waals surface area contributed by atoms with Gasteiger partial charge in [0.1, 0.15) is 11.3 Å². The Kier molecular flexibility index (Phi) is 3.63. The molecule has 1 aliphatic rings. The molecule has 0 saturated heterocycles. The van der Waals surface area contributed by atoms with Crippen molar-refractivity contribution in [2.75, 3.05) is 5.32 Å². The zero-order valence-corrected chi connectivity index (χ0v) is 15.8. The van der Waals surface area contributed by atoms with E-state index < -0.39 is 0 Å². The van der Waals surface area contributed by atoms with Gasteiger partial charge in [-0.25, -0.2) is 19.5 Å². The number of nitrogens with zero attached hydrogens (tertiary/aromatic N) is 6. The van der Waals surface area contributed by atoms with Gasteiger partial charge in [-0.05, 0) is 57.7 Å². The Morgan fingerprint density at radius 2 is 2.07 bits per heavy atom. The van der Waals surface area contributed by atoms with E-state index in [0.29, 0.717) is 12.0 Å². The van der Waals surface area contributed by atoms with Crippen LogP contribution in [0.25, 0.3) is 27.9 Å². The number of aromatic nitrogens is 6. The van der Waals surface area contributed by atoms with Gasteiger partial charge < -0.3 is 9.88 Å². The lowest BCUT2D eigenvalue weighted by Crippen LogP contribution is -2.19. The van der Waals surface area contributed by atoms with Crippen LogP contribution in [0, 0.1) is 12.8 Å². The van der Waals surface area contributed by atoms with E-state index in [1.165, 1.54) is 12.8 Å². The van der Waals surface area contributed by atoms with E-state index in [-0.39, 0.29) is 0 Å². The Morgan fingerprint density at radius 3 is 2.85 bits per heavy atom. The van der Waals surface area contributed by atoms with E-state index in [0.717, 1.165) is 46.2 Å². The van der Waals surface area contributed by atoms with Crippen LogP contribution in [0.2, 0.25) is 0 Å². The van der Waals surface area contributed by atoms with E-state index in [9.17, 15) is 0 Å². The Hall–Kier alpha value is -2.96. The van der Waals surface area contributed by atoms with Crippen molar-refractivity contribution in [1.82, 2.24) is 29.1 Å². The van der Waals surface area contributed by atoms with Gasteiger partial charge in [-0.15, -0.1) is 5.10 Å². The first-order valence-corrected chi connectivity index (χ1v) is 9.59. The molecule has 0 spiro atoms. The van der Waals surface area contributed by atoms with Crippen molar-refractivity contribution in [3.8, 4) is 11.3 Å². The van der Waals surface area contributed by atoms with Gasteiger partial charge in [0.05, 0.1) is 17.4 Å². The van der Waals surface area contributed by atoms with Gasteiger partial charge in [0.2, 0.25) is 5.95 Å². The first kappa shape index (κ1) is 16.2. The third-order valence-electron chi connectivity index (χ3n) is 5.48. The molecular formula is C20H23N7. The summed E-state index contributed by atoms with van der Waals surface area (Å²) in [6.45, 7) is 7.18. The summed E-state index contributed by atoms with van der Waals surface area (Å²) in [6.07, 6.45) is 6.43. The molecule has 4 heterocycles. The molecule has 0 amide bonds. The van der Waals surface area contributed by atoms with Crippen LogP contribution in [-0.4, -0.2) is 35.2 Å². The van der Waals surface area contributed by atoms with Crippen molar-refractivity contribution in [3.05, 3.63) is 36.4 Å². The lowest BCUT2D eigenvalue weighted by molar-refractivity contribution is 0.681. The summed E-state index contributed by atoms with van der Waals surface area (Å²) in [5, 5.41) is 8.04. The largest absolute Gasteiger partial charge is 0.350 e. The molecule has 0 aromatic carbocycles. The summed E-state index contributed by atoms with van der Waals surface area (Å²) in [4.78, 5) is 14.0. The SMILES string of the molecule is CCn1c(C)nc2ccc(-c3ccn4nc(NC(C)C5CC5)ncc34)nc21. The number of pyridine rings is 1. The summed E-state index contributed by atoms with van der Waals surface area (Å²) >= 11 is 0. The maximum atomic E-state index is 4.88. The first-order chi connectivity index (χ1) is 13.1. The van der Waals surface area contributed by atoms with Crippen LogP contribution in [0.3, 0.4) is 0 Å². The van der Waals surface area contributed by atoms with Crippen LogP contribution >= 0.6 is 0 Å². The fourth-order valence-corrected chi connectivity index (χ4v) is 3.74. The van der Waals surface area contributed by atoms with Gasteiger partial charge in [0, 0.05) is 24.3 Å². The fraction of sp³-hybridized carbons (Fsp3) is 0.400. The van der Waals surface area contributed by atoms with Crippen molar-refractivity contribution in [1.29, 1.82) is 0 Å². The van der Waals surface area contributed by atoms with Crippen LogP contribution in [0.4, 0.5) is 5.95 Å².